The van der Waals surface area contributed by atoms with Crippen LogP contribution in [0.5, 0.6) is 5.19 Å². The number of aromatic nitrogens is 1. The lowest BCUT2D eigenvalue weighted by Gasteiger charge is -2.38. The number of fused-ring (bicyclic) bond motifs is 1. The fourth-order valence-electron chi connectivity index (χ4n) is 5.20. The molecule has 1 aliphatic heterocycles. The van der Waals surface area contributed by atoms with Crippen molar-refractivity contribution in [2.75, 3.05) is 13.1 Å². The van der Waals surface area contributed by atoms with Crippen LogP contribution >= 0.6 is 11.3 Å². The molecule has 3 fully saturated rings. The van der Waals surface area contributed by atoms with Gasteiger partial charge in [0.1, 0.15) is 6.10 Å². The molecule has 2 heterocycles. The largest absolute Gasteiger partial charge is 0.479 e. The van der Waals surface area contributed by atoms with Crippen molar-refractivity contribution in [2.24, 2.45) is 17.8 Å². The summed E-state index contributed by atoms with van der Waals surface area (Å²) in [5.74, 6) is -0.850. The molecule has 0 bridgehead atoms. The molecule has 0 radical (unpaired) electrons. The molecular formula is C25H36N2O8S. The van der Waals surface area contributed by atoms with E-state index in [2.05, 4.69) is 4.90 Å². The van der Waals surface area contributed by atoms with E-state index >= 15 is 0 Å². The molecule has 2 unspecified atom stereocenters. The zero-order chi connectivity index (χ0) is 25.8. The maximum absolute atomic E-state index is 12.3. The number of ether oxygens (including phenoxy) is 1. The average Bonchev–Trinajstić information content (AvgIpc) is 3.63. The van der Waals surface area contributed by atoms with Crippen LogP contribution in [0.2, 0.25) is 0 Å². The summed E-state index contributed by atoms with van der Waals surface area (Å²) in [7, 11) is 0. The van der Waals surface area contributed by atoms with Crippen LogP contribution in [0, 0.1) is 17.8 Å². The normalized spacial score (nSPS) is 25.8. The van der Waals surface area contributed by atoms with E-state index in [9.17, 15) is 14.4 Å². The minimum Gasteiger partial charge on any atom is -0.479 e. The van der Waals surface area contributed by atoms with Crippen LogP contribution in [0.15, 0.2) is 0 Å². The van der Waals surface area contributed by atoms with Gasteiger partial charge in [-0.05, 0) is 50.4 Å². The number of aliphatic hydroxyl groups is 2. The van der Waals surface area contributed by atoms with Crippen LogP contribution in [0.3, 0.4) is 0 Å². The lowest BCUT2D eigenvalue weighted by Crippen LogP contribution is -2.39. The molecule has 0 spiro atoms. The van der Waals surface area contributed by atoms with Crippen molar-refractivity contribution in [3.8, 4) is 5.19 Å². The fraction of sp³-hybridized carbons (Fsp3) is 0.760. The molecule has 4 N–H and O–H groups in total. The Labute approximate surface area is 214 Å². The quantitative estimate of drug-likeness (QED) is 0.419. The Morgan fingerprint density at radius 2 is 1.44 bits per heavy atom. The number of aliphatic carboxylic acids is 2. The maximum Gasteiger partial charge on any atom is 0.335 e. The van der Waals surface area contributed by atoms with Gasteiger partial charge in [-0.2, -0.15) is 0 Å². The predicted octanol–water partition coefficient (Wildman–Crippen LogP) is 2.10. The second-order valence-corrected chi connectivity index (χ2v) is 11.4. The Hall–Kier alpha value is -2.24. The summed E-state index contributed by atoms with van der Waals surface area (Å²) >= 11 is 1.73. The van der Waals surface area contributed by atoms with E-state index in [4.69, 9.17) is 30.1 Å². The molecule has 3 saturated carbocycles. The van der Waals surface area contributed by atoms with Crippen LogP contribution in [-0.4, -0.2) is 79.6 Å². The van der Waals surface area contributed by atoms with Crippen molar-refractivity contribution in [2.45, 2.75) is 88.9 Å². The number of hydrogen-bond donors (Lipinski definition) is 4. The molecule has 5 rings (SSSR count). The van der Waals surface area contributed by atoms with Gasteiger partial charge >= 0.3 is 11.9 Å². The molecule has 10 nitrogen and oxygen atoms in total. The smallest absolute Gasteiger partial charge is 0.335 e. The number of carboxylic acids is 2. The molecule has 4 aliphatic rings. The third-order valence-corrected chi connectivity index (χ3v) is 8.88. The average molecular weight is 525 g/mol. The first-order valence-electron chi connectivity index (χ1n) is 13.0. The number of carboxylic acid groups (broad SMARTS) is 2. The second kappa shape index (κ2) is 11.9. The van der Waals surface area contributed by atoms with Gasteiger partial charge in [-0.1, -0.05) is 30.6 Å². The van der Waals surface area contributed by atoms with E-state index in [1.807, 2.05) is 0 Å². The van der Waals surface area contributed by atoms with Gasteiger partial charge in [0.05, 0.1) is 5.69 Å². The Morgan fingerprint density at radius 1 is 0.861 bits per heavy atom. The number of nitrogens with zero attached hydrogens (tertiary/aromatic N) is 2. The zero-order valence-electron chi connectivity index (χ0n) is 20.4. The highest BCUT2D eigenvalue weighted by atomic mass is 32.1. The summed E-state index contributed by atoms with van der Waals surface area (Å²) in [6, 6.07) is 0. The molecular weight excluding hydrogens is 488 g/mol. The predicted molar refractivity (Wildman–Crippen MR) is 130 cm³/mol. The summed E-state index contributed by atoms with van der Waals surface area (Å²) in [6.07, 6.45) is 9.35. The number of rotatable bonds is 7. The van der Waals surface area contributed by atoms with Gasteiger partial charge in [0, 0.05) is 36.7 Å². The van der Waals surface area contributed by atoms with E-state index < -0.39 is 24.1 Å². The first kappa shape index (κ1) is 26.8. The third-order valence-electron chi connectivity index (χ3n) is 7.83. The maximum atomic E-state index is 12.3. The minimum atomic E-state index is -2.27. The number of carbonyl (C=O) groups excluding carboxylic acids is 1. The lowest BCUT2D eigenvalue weighted by molar-refractivity contribution is -0.165. The highest BCUT2D eigenvalue weighted by molar-refractivity contribution is 7.13. The Bertz CT molecular complexity index is 893. The summed E-state index contributed by atoms with van der Waals surface area (Å²) in [5.41, 5.74) is 1.18. The second-order valence-electron chi connectivity index (χ2n) is 10.4. The van der Waals surface area contributed by atoms with Gasteiger partial charge in [0.2, 0.25) is 5.91 Å². The van der Waals surface area contributed by atoms with Crippen LogP contribution < -0.4 is 4.74 Å². The fourth-order valence-corrected chi connectivity index (χ4v) is 6.21. The molecule has 1 aromatic heterocycles. The minimum absolute atomic E-state index is 0.327. The number of hydrogen-bond acceptors (Lipinski definition) is 8. The lowest BCUT2D eigenvalue weighted by atomic mass is 9.70. The zero-order valence-corrected chi connectivity index (χ0v) is 21.2. The third kappa shape index (κ3) is 6.74. The number of thiazole rings is 1. The van der Waals surface area contributed by atoms with Gasteiger partial charge in [-0.15, -0.1) is 0 Å². The van der Waals surface area contributed by atoms with E-state index in [1.165, 1.54) is 55.5 Å². The molecule has 3 aliphatic carbocycles. The van der Waals surface area contributed by atoms with Crippen LogP contribution in [0.4, 0.5) is 0 Å². The summed E-state index contributed by atoms with van der Waals surface area (Å²) < 4.78 is 6.28. The van der Waals surface area contributed by atoms with Gasteiger partial charge in [-0.3, -0.25) is 4.79 Å². The standard InChI is InChI=1S/C21H30N2O2S.C4H6O6/c24-20(16-4-5-16)23-12-10-18-19(11-13-23)26-21(22-18)25-17-8-6-15(7-9-17)14-2-1-3-14;5-1(3(7)8)2(6)4(9)10/h14-17H,1-13H2;1-2,5-6H,(H,7,8)(H,9,10). The molecule has 1 amide bonds. The summed E-state index contributed by atoms with van der Waals surface area (Å²) in [6.45, 7) is 1.69. The molecule has 11 heteroatoms. The Kier molecular flexibility index (Phi) is 8.84. The van der Waals surface area contributed by atoms with E-state index in [1.54, 1.807) is 11.3 Å². The highest BCUT2D eigenvalue weighted by Crippen LogP contribution is 2.42. The molecule has 1 aromatic rings. The molecule has 2 atom stereocenters. The summed E-state index contributed by atoms with van der Waals surface area (Å²) in [5, 5.41) is 33.4. The summed E-state index contributed by atoms with van der Waals surface area (Å²) in [4.78, 5) is 40.0. The monoisotopic (exact) mass is 524 g/mol. The molecule has 0 aromatic carbocycles. The first-order chi connectivity index (χ1) is 17.2. The van der Waals surface area contributed by atoms with Gasteiger partial charge in [0.15, 0.2) is 12.2 Å². The van der Waals surface area contributed by atoms with Crippen molar-refractivity contribution in [3.63, 3.8) is 0 Å². The van der Waals surface area contributed by atoms with Crippen LogP contribution in [0.1, 0.15) is 68.4 Å². The van der Waals surface area contributed by atoms with Crippen molar-refractivity contribution >= 4 is 29.2 Å². The SMILES string of the molecule is O=C(C1CC1)N1CCc2nc(OC3CCC(C4CCC4)CC3)sc2CC1.O=C(O)C(O)C(O)C(=O)O. The Balaban J connectivity index is 0.000000261. The number of carbonyl (C=O) groups is 3. The highest BCUT2D eigenvalue weighted by Gasteiger charge is 2.35. The Morgan fingerprint density at radius 3 is 1.97 bits per heavy atom. The van der Waals surface area contributed by atoms with E-state index in [0.717, 1.165) is 55.8 Å². The van der Waals surface area contributed by atoms with Gasteiger partial charge < -0.3 is 30.1 Å². The van der Waals surface area contributed by atoms with Gasteiger partial charge in [-0.25, -0.2) is 14.6 Å². The molecule has 200 valence electrons. The van der Waals surface area contributed by atoms with Gasteiger partial charge in [0.25, 0.3) is 5.19 Å². The van der Waals surface area contributed by atoms with E-state index in [0.29, 0.717) is 17.9 Å². The van der Waals surface area contributed by atoms with Crippen molar-refractivity contribution < 1.29 is 39.5 Å². The van der Waals surface area contributed by atoms with E-state index in [-0.39, 0.29) is 0 Å². The van der Waals surface area contributed by atoms with Crippen molar-refractivity contribution in [3.05, 3.63) is 10.6 Å². The molecule has 0 saturated heterocycles. The van der Waals surface area contributed by atoms with Crippen molar-refractivity contribution in [1.82, 2.24) is 9.88 Å². The topological polar surface area (TPSA) is 157 Å². The molecule has 36 heavy (non-hydrogen) atoms. The van der Waals surface area contributed by atoms with Crippen LogP contribution in [-0.2, 0) is 27.2 Å². The number of aliphatic hydroxyl groups excluding tert-OH is 2. The first-order valence-corrected chi connectivity index (χ1v) is 13.8. The number of amides is 1. The van der Waals surface area contributed by atoms with Crippen molar-refractivity contribution in [1.29, 1.82) is 0 Å². The van der Waals surface area contributed by atoms with Crippen LogP contribution in [0.25, 0.3) is 0 Å².